The van der Waals surface area contributed by atoms with Crippen LogP contribution in [0.4, 0.5) is 13.2 Å². The summed E-state index contributed by atoms with van der Waals surface area (Å²) in [6.45, 7) is 5.43. The molecule has 2 fully saturated rings. The van der Waals surface area contributed by atoms with E-state index >= 15 is 0 Å². The van der Waals surface area contributed by atoms with Gasteiger partial charge in [-0.05, 0) is 55.5 Å². The lowest BCUT2D eigenvalue weighted by Crippen LogP contribution is -2.32. The third-order valence-corrected chi connectivity index (χ3v) is 6.71. The average Bonchev–Trinajstić information content (AvgIpc) is 3.27. The molecule has 1 aliphatic heterocycles. The van der Waals surface area contributed by atoms with Crippen molar-refractivity contribution in [2.45, 2.75) is 38.5 Å². The molecule has 4 rings (SSSR count). The highest BCUT2D eigenvalue weighted by molar-refractivity contribution is 5.85. The molecule has 1 heterocycles. The standard InChI is InChI=1S/C26H31F3N2O4.2ClH/c1-2-34-24(26(32)33)10-16-4-6-18(7-5-16)35-9-3-8-30-25-19-14-31(15-20(19)25)13-17-11-22(28)23(29)12-21(17)27;;/h4-7,11-12,19-20,24-25,30H,2-3,8-10,13-15H2,1H3,(H,32,33);2*1H/t19-,20+,24-,25+;;/m0../s1. The highest BCUT2D eigenvalue weighted by Gasteiger charge is 2.55. The maximum atomic E-state index is 13.9. The first-order valence-corrected chi connectivity index (χ1v) is 12.0. The zero-order chi connectivity index (χ0) is 24.9. The van der Waals surface area contributed by atoms with Crippen LogP contribution in [-0.2, 0) is 22.5 Å². The van der Waals surface area contributed by atoms with Gasteiger partial charge in [0.2, 0.25) is 0 Å². The first-order valence-electron chi connectivity index (χ1n) is 12.0. The fraction of sp³-hybridized carbons (Fsp3) is 0.500. The number of piperidine rings is 1. The summed E-state index contributed by atoms with van der Waals surface area (Å²) in [5.74, 6) is -2.11. The molecule has 1 aliphatic carbocycles. The van der Waals surface area contributed by atoms with Crippen LogP contribution in [-0.4, -0.2) is 61.0 Å². The van der Waals surface area contributed by atoms with Gasteiger partial charge in [0.15, 0.2) is 17.7 Å². The molecule has 206 valence electrons. The van der Waals surface area contributed by atoms with Gasteiger partial charge in [-0.25, -0.2) is 18.0 Å². The summed E-state index contributed by atoms with van der Waals surface area (Å²) in [5, 5.41) is 12.7. The SMILES string of the molecule is CCO[C@@H](Cc1ccc(OCCCN[C@H]2[C@@H]3CN(Cc4cc(F)c(F)cc4F)C[C@@H]32)cc1)C(=O)O.Cl.Cl. The van der Waals surface area contributed by atoms with E-state index in [0.717, 1.165) is 43.4 Å². The summed E-state index contributed by atoms with van der Waals surface area (Å²) in [5.41, 5.74) is 1.07. The monoisotopic (exact) mass is 564 g/mol. The Morgan fingerprint density at radius 1 is 1.08 bits per heavy atom. The number of rotatable bonds is 13. The Morgan fingerprint density at radius 2 is 1.73 bits per heavy atom. The Morgan fingerprint density at radius 3 is 2.35 bits per heavy atom. The van der Waals surface area contributed by atoms with E-state index in [-0.39, 0.29) is 36.9 Å². The molecule has 11 heteroatoms. The van der Waals surface area contributed by atoms with Crippen LogP contribution in [0.15, 0.2) is 36.4 Å². The smallest absolute Gasteiger partial charge is 0.333 e. The van der Waals surface area contributed by atoms with Crippen LogP contribution in [0.25, 0.3) is 0 Å². The Kier molecular flexibility index (Phi) is 12.0. The largest absolute Gasteiger partial charge is 0.494 e. The quantitative estimate of drug-likeness (QED) is 0.276. The van der Waals surface area contributed by atoms with Crippen molar-refractivity contribution in [1.29, 1.82) is 0 Å². The second kappa shape index (κ2) is 14.2. The van der Waals surface area contributed by atoms with Gasteiger partial charge >= 0.3 is 5.97 Å². The third kappa shape index (κ3) is 8.22. The molecule has 6 nitrogen and oxygen atoms in total. The fourth-order valence-electron chi connectivity index (χ4n) is 4.86. The fourth-order valence-corrected chi connectivity index (χ4v) is 4.86. The van der Waals surface area contributed by atoms with E-state index in [4.69, 9.17) is 9.47 Å². The lowest BCUT2D eigenvalue weighted by molar-refractivity contribution is -0.149. The average molecular weight is 565 g/mol. The lowest BCUT2D eigenvalue weighted by Gasteiger charge is -2.20. The predicted octanol–water partition coefficient (Wildman–Crippen LogP) is 4.47. The second-order valence-electron chi connectivity index (χ2n) is 9.19. The molecule has 4 atom stereocenters. The summed E-state index contributed by atoms with van der Waals surface area (Å²) in [4.78, 5) is 13.3. The highest BCUT2D eigenvalue weighted by atomic mass is 35.5. The van der Waals surface area contributed by atoms with Gasteiger partial charge in [0.05, 0.1) is 6.61 Å². The molecule has 2 aliphatic rings. The van der Waals surface area contributed by atoms with Crippen LogP contribution < -0.4 is 10.1 Å². The van der Waals surface area contributed by atoms with Crippen molar-refractivity contribution in [2.75, 3.05) is 32.8 Å². The van der Waals surface area contributed by atoms with E-state index in [1.165, 1.54) is 0 Å². The molecule has 0 bridgehead atoms. The van der Waals surface area contributed by atoms with Crippen LogP contribution in [0, 0.1) is 29.3 Å². The Balaban J connectivity index is 0.00000241. The number of fused-ring (bicyclic) bond motifs is 1. The number of carbonyl (C=O) groups is 1. The molecule has 2 N–H and O–H groups in total. The molecule has 0 spiro atoms. The van der Waals surface area contributed by atoms with Crippen molar-refractivity contribution >= 4 is 30.8 Å². The molecular weight excluding hydrogens is 532 g/mol. The van der Waals surface area contributed by atoms with Gasteiger partial charge in [0, 0.05) is 50.3 Å². The Bertz CT molecular complexity index is 1020. The normalized spacial score (nSPS) is 20.9. The number of nitrogens with zero attached hydrogens (tertiary/aromatic N) is 1. The molecule has 0 unspecified atom stereocenters. The summed E-state index contributed by atoms with van der Waals surface area (Å²) in [6.07, 6.45) is 0.302. The topological polar surface area (TPSA) is 71.0 Å². The van der Waals surface area contributed by atoms with Gasteiger partial charge in [-0.1, -0.05) is 12.1 Å². The lowest BCUT2D eigenvalue weighted by atomic mass is 10.1. The van der Waals surface area contributed by atoms with Crippen molar-refractivity contribution < 1.29 is 32.5 Å². The van der Waals surface area contributed by atoms with Gasteiger partial charge < -0.3 is 19.9 Å². The van der Waals surface area contributed by atoms with Crippen molar-refractivity contribution in [3.63, 3.8) is 0 Å². The van der Waals surface area contributed by atoms with Gasteiger partial charge in [-0.15, -0.1) is 24.8 Å². The molecule has 0 aromatic heterocycles. The number of hydrogen-bond donors (Lipinski definition) is 2. The molecule has 1 saturated heterocycles. The molecule has 1 saturated carbocycles. The number of ether oxygens (including phenoxy) is 2. The first-order chi connectivity index (χ1) is 16.9. The van der Waals surface area contributed by atoms with E-state index in [9.17, 15) is 23.1 Å². The van der Waals surface area contributed by atoms with E-state index in [1.807, 2.05) is 24.3 Å². The summed E-state index contributed by atoms with van der Waals surface area (Å²) >= 11 is 0. The Hall–Kier alpha value is -2.04. The van der Waals surface area contributed by atoms with E-state index in [2.05, 4.69) is 10.2 Å². The Labute approximate surface area is 227 Å². The zero-order valence-corrected chi connectivity index (χ0v) is 22.1. The molecule has 2 aromatic rings. The van der Waals surface area contributed by atoms with Crippen molar-refractivity contribution in [1.82, 2.24) is 10.2 Å². The summed E-state index contributed by atoms with van der Waals surface area (Å²) in [7, 11) is 0. The summed E-state index contributed by atoms with van der Waals surface area (Å²) < 4.78 is 51.4. The zero-order valence-electron chi connectivity index (χ0n) is 20.5. The van der Waals surface area contributed by atoms with Crippen LogP contribution in [0.3, 0.4) is 0 Å². The molecule has 2 aromatic carbocycles. The number of likely N-dealkylation sites (tertiary alicyclic amines) is 1. The highest BCUT2D eigenvalue weighted by Crippen LogP contribution is 2.45. The van der Waals surface area contributed by atoms with Gasteiger partial charge in [-0.3, -0.25) is 4.90 Å². The van der Waals surface area contributed by atoms with E-state index in [0.29, 0.717) is 43.6 Å². The maximum absolute atomic E-state index is 13.9. The summed E-state index contributed by atoms with van der Waals surface area (Å²) in [6, 6.07) is 9.38. The number of nitrogens with one attached hydrogen (secondary N) is 1. The molecular formula is C26H33Cl2F3N2O4. The minimum atomic E-state index is -1.16. The van der Waals surface area contributed by atoms with Crippen LogP contribution in [0.5, 0.6) is 5.75 Å². The van der Waals surface area contributed by atoms with Crippen molar-refractivity contribution in [2.24, 2.45) is 11.8 Å². The molecule has 37 heavy (non-hydrogen) atoms. The van der Waals surface area contributed by atoms with Gasteiger partial charge in [-0.2, -0.15) is 0 Å². The van der Waals surface area contributed by atoms with Crippen LogP contribution in [0.1, 0.15) is 24.5 Å². The third-order valence-electron chi connectivity index (χ3n) is 6.71. The van der Waals surface area contributed by atoms with Crippen LogP contribution in [0.2, 0.25) is 0 Å². The minimum Gasteiger partial charge on any atom is -0.494 e. The van der Waals surface area contributed by atoms with Crippen molar-refractivity contribution in [3.05, 3.63) is 65.0 Å². The van der Waals surface area contributed by atoms with Crippen LogP contribution >= 0.6 is 24.8 Å². The van der Waals surface area contributed by atoms with Gasteiger partial charge in [0.1, 0.15) is 11.6 Å². The van der Waals surface area contributed by atoms with Gasteiger partial charge in [0.25, 0.3) is 0 Å². The molecule has 0 radical (unpaired) electrons. The maximum Gasteiger partial charge on any atom is 0.333 e. The number of aliphatic carboxylic acids is 1. The first kappa shape index (κ1) is 31.2. The van der Waals surface area contributed by atoms with Crippen molar-refractivity contribution in [3.8, 4) is 5.75 Å². The number of benzene rings is 2. The minimum absolute atomic E-state index is 0. The van der Waals surface area contributed by atoms with E-state index in [1.54, 1.807) is 6.92 Å². The predicted molar refractivity (Wildman–Crippen MR) is 138 cm³/mol. The molecule has 0 amide bonds. The number of hydrogen-bond acceptors (Lipinski definition) is 5. The van der Waals surface area contributed by atoms with E-state index < -0.39 is 29.5 Å². The second-order valence-corrected chi connectivity index (χ2v) is 9.19. The number of carboxylic acid groups (broad SMARTS) is 1. The number of carboxylic acids is 1. The number of halogens is 5.